The van der Waals surface area contributed by atoms with Gasteiger partial charge in [-0.1, -0.05) is 35.9 Å². The number of halogens is 1. The first-order chi connectivity index (χ1) is 11.1. The van der Waals surface area contributed by atoms with E-state index in [-0.39, 0.29) is 16.9 Å². The van der Waals surface area contributed by atoms with Crippen LogP contribution in [0.3, 0.4) is 0 Å². The summed E-state index contributed by atoms with van der Waals surface area (Å²) in [4.78, 5) is 31.6. The number of nitrogens with zero attached hydrogens (tertiary/aromatic N) is 2. The number of aromatic amines is 1. The maximum Gasteiger partial charge on any atom is 0.282 e. The van der Waals surface area contributed by atoms with Gasteiger partial charge in [0.2, 0.25) is 5.78 Å². The van der Waals surface area contributed by atoms with Crippen LogP contribution in [0.15, 0.2) is 58.1 Å². The van der Waals surface area contributed by atoms with Crippen LogP contribution in [0.1, 0.15) is 5.56 Å². The lowest BCUT2D eigenvalue weighted by atomic mass is 10.2. The highest BCUT2D eigenvalue weighted by Gasteiger charge is 2.09. The van der Waals surface area contributed by atoms with E-state index in [9.17, 15) is 9.59 Å². The first-order valence-corrected chi connectivity index (χ1v) is 7.32. The minimum atomic E-state index is -0.361. The standard InChI is InChI=1S/C17H10ClN3O2/c18-11-7-5-10(6-8-11)9-13-16(23)21-14-4-2-1-3-12(14)15(22)20-17(21)19-13/h1-9H,(H,19,20,22)/b13-9-. The van der Waals surface area contributed by atoms with Gasteiger partial charge in [-0.3, -0.25) is 9.59 Å². The molecule has 0 fully saturated rings. The molecule has 4 aromatic rings. The molecular formula is C17H10ClN3O2. The van der Waals surface area contributed by atoms with Crippen molar-refractivity contribution in [2.75, 3.05) is 0 Å². The number of imidazole rings is 1. The van der Waals surface area contributed by atoms with Crippen LogP contribution in [0.25, 0.3) is 22.8 Å². The Labute approximate surface area is 134 Å². The fraction of sp³-hybridized carbons (Fsp3) is 0. The van der Waals surface area contributed by atoms with E-state index in [4.69, 9.17) is 11.6 Å². The summed E-state index contributed by atoms with van der Waals surface area (Å²) in [6.45, 7) is 0. The Kier molecular flexibility index (Phi) is 3.02. The van der Waals surface area contributed by atoms with E-state index in [0.717, 1.165) is 5.56 Å². The van der Waals surface area contributed by atoms with Crippen molar-refractivity contribution in [3.05, 3.63) is 85.2 Å². The first-order valence-electron chi connectivity index (χ1n) is 6.94. The highest BCUT2D eigenvalue weighted by atomic mass is 35.5. The van der Waals surface area contributed by atoms with Gasteiger partial charge in [-0.15, -0.1) is 0 Å². The largest absolute Gasteiger partial charge is 0.320 e. The minimum Gasteiger partial charge on any atom is -0.320 e. The molecule has 0 unspecified atom stereocenters. The molecule has 0 atom stereocenters. The molecule has 112 valence electrons. The van der Waals surface area contributed by atoms with Crippen molar-refractivity contribution >= 4 is 34.4 Å². The lowest BCUT2D eigenvalue weighted by molar-refractivity contribution is 1.11. The number of rotatable bonds is 1. The van der Waals surface area contributed by atoms with Gasteiger partial charge in [0.25, 0.3) is 11.1 Å². The second-order valence-corrected chi connectivity index (χ2v) is 5.57. The van der Waals surface area contributed by atoms with Crippen LogP contribution in [-0.2, 0) is 0 Å². The highest BCUT2D eigenvalue weighted by Crippen LogP contribution is 2.10. The predicted octanol–water partition coefficient (Wildman–Crippen LogP) is 1.74. The Bertz CT molecular complexity index is 1210. The quantitative estimate of drug-likeness (QED) is 0.580. The zero-order chi connectivity index (χ0) is 16.0. The monoisotopic (exact) mass is 323 g/mol. The average molecular weight is 324 g/mol. The maximum absolute atomic E-state index is 12.7. The molecule has 0 saturated carbocycles. The van der Waals surface area contributed by atoms with E-state index in [1.54, 1.807) is 42.5 Å². The van der Waals surface area contributed by atoms with Crippen LogP contribution in [0, 0.1) is 0 Å². The molecule has 0 spiro atoms. The van der Waals surface area contributed by atoms with Crippen molar-refractivity contribution in [1.82, 2.24) is 14.4 Å². The smallest absolute Gasteiger partial charge is 0.282 e. The Morgan fingerprint density at radius 3 is 2.57 bits per heavy atom. The van der Waals surface area contributed by atoms with Crippen molar-refractivity contribution in [2.45, 2.75) is 0 Å². The van der Waals surface area contributed by atoms with Gasteiger partial charge in [0.15, 0.2) is 0 Å². The van der Waals surface area contributed by atoms with E-state index in [1.807, 2.05) is 12.1 Å². The third-order valence-corrected chi connectivity index (χ3v) is 3.91. The molecule has 2 aromatic heterocycles. The van der Waals surface area contributed by atoms with Crippen molar-refractivity contribution in [1.29, 1.82) is 0 Å². The van der Waals surface area contributed by atoms with Crippen molar-refractivity contribution in [2.24, 2.45) is 0 Å². The molecule has 0 aliphatic rings. The van der Waals surface area contributed by atoms with Crippen LogP contribution in [0.4, 0.5) is 0 Å². The molecule has 23 heavy (non-hydrogen) atoms. The zero-order valence-electron chi connectivity index (χ0n) is 11.8. The van der Waals surface area contributed by atoms with Gasteiger partial charge in [0, 0.05) is 5.02 Å². The summed E-state index contributed by atoms with van der Waals surface area (Å²) in [5, 5.41) is 1.40. The fourth-order valence-electron chi connectivity index (χ4n) is 2.58. The molecule has 1 N–H and O–H groups in total. The second-order valence-electron chi connectivity index (χ2n) is 5.13. The van der Waals surface area contributed by atoms with Gasteiger partial charge in [-0.2, -0.15) is 4.98 Å². The zero-order valence-corrected chi connectivity index (χ0v) is 12.5. The summed E-state index contributed by atoms with van der Waals surface area (Å²) in [7, 11) is 0. The Morgan fingerprint density at radius 2 is 1.78 bits per heavy atom. The Hall–Kier alpha value is -2.92. The maximum atomic E-state index is 12.7. The highest BCUT2D eigenvalue weighted by molar-refractivity contribution is 6.30. The molecule has 0 amide bonds. The third-order valence-electron chi connectivity index (χ3n) is 3.66. The summed E-state index contributed by atoms with van der Waals surface area (Å²) in [6, 6.07) is 14.0. The van der Waals surface area contributed by atoms with Crippen LogP contribution >= 0.6 is 11.6 Å². The molecule has 6 heteroatoms. The molecule has 0 aliphatic heterocycles. The first kappa shape index (κ1) is 13.7. The van der Waals surface area contributed by atoms with Crippen LogP contribution < -0.4 is 16.5 Å². The van der Waals surface area contributed by atoms with E-state index >= 15 is 0 Å². The topological polar surface area (TPSA) is 67.2 Å². The second kappa shape index (κ2) is 5.07. The summed E-state index contributed by atoms with van der Waals surface area (Å²) in [5.41, 5.74) is 0.753. The average Bonchev–Trinajstić information content (AvgIpc) is 2.86. The van der Waals surface area contributed by atoms with E-state index in [0.29, 0.717) is 21.3 Å². The van der Waals surface area contributed by atoms with Gasteiger partial charge < -0.3 is 4.98 Å². The number of hydrogen-bond acceptors (Lipinski definition) is 3. The number of fused-ring (bicyclic) bond motifs is 3. The van der Waals surface area contributed by atoms with Gasteiger partial charge in [0.1, 0.15) is 5.35 Å². The third kappa shape index (κ3) is 2.22. The number of nitrogens with one attached hydrogen (secondary N) is 1. The van der Waals surface area contributed by atoms with Crippen LogP contribution in [-0.4, -0.2) is 14.4 Å². The summed E-state index contributed by atoms with van der Waals surface area (Å²) >= 11 is 5.86. The van der Waals surface area contributed by atoms with Crippen molar-refractivity contribution in [3.8, 4) is 0 Å². The SMILES string of the molecule is O=c1nc2[nH]/c(=C\c3ccc(Cl)cc3)c(=O)n2c2ccccc12. The molecule has 5 nitrogen and oxygen atoms in total. The molecule has 4 rings (SSSR count). The van der Waals surface area contributed by atoms with Gasteiger partial charge in [0.05, 0.1) is 10.9 Å². The fourth-order valence-corrected chi connectivity index (χ4v) is 2.70. The number of aromatic nitrogens is 3. The van der Waals surface area contributed by atoms with Gasteiger partial charge in [-0.25, -0.2) is 4.40 Å². The number of para-hydroxylation sites is 1. The lowest BCUT2D eigenvalue weighted by Gasteiger charge is -1.97. The molecule has 2 aromatic carbocycles. The molecule has 0 bridgehead atoms. The molecule has 0 radical (unpaired) electrons. The van der Waals surface area contributed by atoms with Gasteiger partial charge >= 0.3 is 0 Å². The molecule has 2 heterocycles. The molecular weight excluding hydrogens is 314 g/mol. The van der Waals surface area contributed by atoms with Crippen molar-refractivity contribution < 1.29 is 0 Å². The van der Waals surface area contributed by atoms with E-state index in [1.165, 1.54) is 4.40 Å². The summed E-state index contributed by atoms with van der Waals surface area (Å²) in [5.74, 6) is 0.235. The Morgan fingerprint density at radius 1 is 1.04 bits per heavy atom. The van der Waals surface area contributed by atoms with Crippen LogP contribution in [0.2, 0.25) is 5.02 Å². The number of benzene rings is 2. The predicted molar refractivity (Wildman–Crippen MR) is 89.8 cm³/mol. The summed E-state index contributed by atoms with van der Waals surface area (Å²) in [6.07, 6.45) is 1.70. The molecule has 0 aliphatic carbocycles. The Balaban J connectivity index is 2.09. The minimum absolute atomic E-state index is 0.235. The van der Waals surface area contributed by atoms with Crippen molar-refractivity contribution in [3.63, 3.8) is 0 Å². The van der Waals surface area contributed by atoms with E-state index < -0.39 is 0 Å². The van der Waals surface area contributed by atoms with E-state index in [2.05, 4.69) is 9.97 Å². The van der Waals surface area contributed by atoms with Gasteiger partial charge in [-0.05, 0) is 35.9 Å². The number of hydrogen-bond donors (Lipinski definition) is 1. The molecule has 0 saturated heterocycles. The van der Waals surface area contributed by atoms with Crippen LogP contribution in [0.5, 0.6) is 0 Å². The number of H-pyrrole nitrogens is 1. The summed E-state index contributed by atoms with van der Waals surface area (Å²) < 4.78 is 1.42. The lowest BCUT2D eigenvalue weighted by Crippen LogP contribution is -2.26. The normalized spacial score (nSPS) is 12.3.